The maximum atomic E-state index is 13.9. The molecule has 1 fully saturated rings. The largest absolute Gasteiger partial charge is 0.368 e. The molecule has 0 unspecified atom stereocenters. The molecule has 1 aliphatic rings. The Hall–Kier alpha value is -1.67. The molecule has 3 nitrogen and oxygen atoms in total. The zero-order valence-electron chi connectivity index (χ0n) is 10.3. The van der Waals surface area contributed by atoms with Crippen LogP contribution in [0.2, 0.25) is 0 Å². The molecule has 0 aromatic heterocycles. The first-order valence-electron chi connectivity index (χ1n) is 5.95. The third kappa shape index (κ3) is 2.44. The van der Waals surface area contributed by atoms with Crippen LogP contribution in [0.3, 0.4) is 0 Å². The van der Waals surface area contributed by atoms with Crippen LogP contribution >= 0.6 is 0 Å². The van der Waals surface area contributed by atoms with Crippen LogP contribution in [0.5, 0.6) is 0 Å². The van der Waals surface area contributed by atoms with E-state index in [0.717, 1.165) is 19.5 Å². The van der Waals surface area contributed by atoms with Crippen LogP contribution in [0.1, 0.15) is 12.0 Å². The van der Waals surface area contributed by atoms with Gasteiger partial charge in [0, 0.05) is 19.6 Å². The highest BCUT2D eigenvalue weighted by atomic mass is 19.2. The summed E-state index contributed by atoms with van der Waals surface area (Å²) in [7, 11) is 2.01. The van der Waals surface area contributed by atoms with Gasteiger partial charge in [-0.3, -0.25) is 0 Å². The van der Waals surface area contributed by atoms with E-state index in [-0.39, 0.29) is 11.3 Å². The second kappa shape index (κ2) is 5.32. The molecule has 2 rings (SSSR count). The molecule has 0 saturated carbocycles. The molecule has 1 aliphatic heterocycles. The number of halogens is 2. The maximum Gasteiger partial charge on any atom is 0.183 e. The van der Waals surface area contributed by atoms with E-state index in [0.29, 0.717) is 13.1 Å². The SMILES string of the molecule is CN1CCCN(c2ccc(C#N)c(F)c2F)CC1. The zero-order valence-corrected chi connectivity index (χ0v) is 10.3. The highest BCUT2D eigenvalue weighted by molar-refractivity contribution is 5.52. The summed E-state index contributed by atoms with van der Waals surface area (Å²) >= 11 is 0. The number of hydrogen-bond acceptors (Lipinski definition) is 3. The molecule has 0 aliphatic carbocycles. The minimum Gasteiger partial charge on any atom is -0.368 e. The summed E-state index contributed by atoms with van der Waals surface area (Å²) in [6, 6.07) is 4.47. The first kappa shape index (κ1) is 12.8. The van der Waals surface area contributed by atoms with Gasteiger partial charge in [0.25, 0.3) is 0 Å². The van der Waals surface area contributed by atoms with Crippen LogP contribution < -0.4 is 4.90 Å². The molecule has 0 atom stereocenters. The molecule has 0 radical (unpaired) electrons. The van der Waals surface area contributed by atoms with Crippen LogP contribution in [0.25, 0.3) is 0 Å². The number of hydrogen-bond donors (Lipinski definition) is 0. The van der Waals surface area contributed by atoms with Crippen molar-refractivity contribution in [2.45, 2.75) is 6.42 Å². The Morgan fingerprint density at radius 1 is 1.11 bits per heavy atom. The molecule has 0 amide bonds. The van der Waals surface area contributed by atoms with Crippen molar-refractivity contribution in [2.24, 2.45) is 0 Å². The fourth-order valence-corrected chi connectivity index (χ4v) is 2.16. The molecule has 18 heavy (non-hydrogen) atoms. The number of anilines is 1. The Bertz CT molecular complexity index is 482. The van der Waals surface area contributed by atoms with Gasteiger partial charge in [-0.15, -0.1) is 0 Å². The molecule has 1 aromatic carbocycles. The number of likely N-dealkylation sites (N-methyl/N-ethyl adjacent to an activating group) is 1. The second-order valence-electron chi connectivity index (χ2n) is 4.52. The van der Waals surface area contributed by atoms with E-state index in [1.807, 2.05) is 11.9 Å². The summed E-state index contributed by atoms with van der Waals surface area (Å²) in [6.45, 7) is 3.14. The lowest BCUT2D eigenvalue weighted by atomic mass is 10.1. The predicted octanol–water partition coefficient (Wildman–Crippen LogP) is 1.98. The van der Waals surface area contributed by atoms with Gasteiger partial charge in [0.1, 0.15) is 6.07 Å². The Kier molecular flexibility index (Phi) is 3.78. The van der Waals surface area contributed by atoms with Gasteiger partial charge in [-0.05, 0) is 32.1 Å². The highest BCUT2D eigenvalue weighted by Crippen LogP contribution is 2.24. The normalized spacial score (nSPS) is 17.3. The fraction of sp³-hybridized carbons (Fsp3) is 0.462. The molecular formula is C13H15F2N3. The smallest absolute Gasteiger partial charge is 0.183 e. The summed E-state index contributed by atoms with van der Waals surface area (Å²) < 4.78 is 27.4. The van der Waals surface area contributed by atoms with Crippen molar-refractivity contribution in [3.8, 4) is 6.07 Å². The summed E-state index contributed by atoms with van der Waals surface area (Å²) in [5.41, 5.74) is 0.00462. The molecule has 0 spiro atoms. The van der Waals surface area contributed by atoms with E-state index in [1.165, 1.54) is 12.1 Å². The minimum absolute atomic E-state index is 0.247. The Balaban J connectivity index is 2.28. The van der Waals surface area contributed by atoms with Crippen LogP contribution in [0, 0.1) is 23.0 Å². The van der Waals surface area contributed by atoms with Gasteiger partial charge >= 0.3 is 0 Å². The fourth-order valence-electron chi connectivity index (χ4n) is 2.16. The topological polar surface area (TPSA) is 30.3 Å². The molecule has 5 heteroatoms. The van der Waals surface area contributed by atoms with Crippen molar-refractivity contribution in [2.75, 3.05) is 38.1 Å². The van der Waals surface area contributed by atoms with E-state index in [4.69, 9.17) is 5.26 Å². The van der Waals surface area contributed by atoms with Crippen LogP contribution in [-0.2, 0) is 0 Å². The standard InChI is InChI=1S/C13H15F2N3/c1-17-5-2-6-18(8-7-17)11-4-3-10(9-16)12(14)13(11)15/h3-4H,2,5-8H2,1H3. The lowest BCUT2D eigenvalue weighted by Gasteiger charge is -2.23. The van der Waals surface area contributed by atoms with Gasteiger partial charge in [-0.2, -0.15) is 5.26 Å². The summed E-state index contributed by atoms with van der Waals surface area (Å²) in [5, 5.41) is 8.65. The van der Waals surface area contributed by atoms with E-state index >= 15 is 0 Å². The van der Waals surface area contributed by atoms with Crippen molar-refractivity contribution in [1.82, 2.24) is 4.90 Å². The van der Waals surface area contributed by atoms with Crippen LogP contribution in [0.4, 0.5) is 14.5 Å². The molecule has 1 heterocycles. The van der Waals surface area contributed by atoms with Crippen molar-refractivity contribution < 1.29 is 8.78 Å². The van der Waals surface area contributed by atoms with E-state index in [9.17, 15) is 8.78 Å². The lowest BCUT2D eigenvalue weighted by Crippen LogP contribution is -2.29. The Labute approximate surface area is 105 Å². The van der Waals surface area contributed by atoms with Crippen LogP contribution in [0.15, 0.2) is 12.1 Å². The summed E-state index contributed by atoms with van der Waals surface area (Å²) in [6.07, 6.45) is 0.914. The van der Waals surface area contributed by atoms with Gasteiger partial charge in [0.15, 0.2) is 11.6 Å². The van der Waals surface area contributed by atoms with E-state index in [1.54, 1.807) is 6.07 Å². The average molecular weight is 251 g/mol. The van der Waals surface area contributed by atoms with E-state index < -0.39 is 11.6 Å². The van der Waals surface area contributed by atoms with Crippen molar-refractivity contribution in [3.05, 3.63) is 29.3 Å². The lowest BCUT2D eigenvalue weighted by molar-refractivity contribution is 0.360. The molecule has 96 valence electrons. The number of rotatable bonds is 1. The second-order valence-corrected chi connectivity index (χ2v) is 4.52. The first-order chi connectivity index (χ1) is 8.63. The van der Waals surface area contributed by atoms with Gasteiger partial charge in [0.2, 0.25) is 0 Å². The van der Waals surface area contributed by atoms with Crippen LogP contribution in [-0.4, -0.2) is 38.1 Å². The van der Waals surface area contributed by atoms with E-state index in [2.05, 4.69) is 4.90 Å². The molecule has 1 aromatic rings. The Morgan fingerprint density at radius 2 is 1.89 bits per heavy atom. The average Bonchev–Trinajstić information content (AvgIpc) is 2.58. The van der Waals surface area contributed by atoms with Crippen molar-refractivity contribution in [3.63, 3.8) is 0 Å². The van der Waals surface area contributed by atoms with Crippen molar-refractivity contribution in [1.29, 1.82) is 5.26 Å². The van der Waals surface area contributed by atoms with Gasteiger partial charge in [-0.25, -0.2) is 8.78 Å². The monoisotopic (exact) mass is 251 g/mol. The third-order valence-corrected chi connectivity index (χ3v) is 3.24. The quantitative estimate of drug-likeness (QED) is 0.764. The zero-order chi connectivity index (χ0) is 13.1. The number of nitriles is 1. The van der Waals surface area contributed by atoms with Gasteiger partial charge < -0.3 is 9.80 Å². The van der Waals surface area contributed by atoms with Crippen molar-refractivity contribution >= 4 is 5.69 Å². The molecule has 0 N–H and O–H groups in total. The molecule has 0 bridgehead atoms. The summed E-state index contributed by atoms with van der Waals surface area (Å²) in [4.78, 5) is 4.00. The Morgan fingerprint density at radius 3 is 2.61 bits per heavy atom. The molecular weight excluding hydrogens is 236 g/mol. The highest BCUT2D eigenvalue weighted by Gasteiger charge is 2.19. The number of nitrogens with zero attached hydrogens (tertiary/aromatic N) is 3. The summed E-state index contributed by atoms with van der Waals surface area (Å²) in [5.74, 6) is -1.97. The van der Waals surface area contributed by atoms with Gasteiger partial charge in [-0.1, -0.05) is 0 Å². The minimum atomic E-state index is -1.05. The first-order valence-corrected chi connectivity index (χ1v) is 5.95. The predicted molar refractivity (Wildman–Crippen MR) is 65.4 cm³/mol. The van der Waals surface area contributed by atoms with Gasteiger partial charge in [0.05, 0.1) is 11.3 Å². The maximum absolute atomic E-state index is 13.9. The molecule has 1 saturated heterocycles. The number of benzene rings is 1. The third-order valence-electron chi connectivity index (χ3n) is 3.24.